The third-order valence-corrected chi connectivity index (χ3v) is 3.72. The van der Waals surface area contributed by atoms with Crippen molar-refractivity contribution in [1.82, 2.24) is 10.2 Å². The summed E-state index contributed by atoms with van der Waals surface area (Å²) in [7, 11) is 0. The highest BCUT2D eigenvalue weighted by Crippen LogP contribution is 2.31. The Morgan fingerprint density at radius 2 is 1.79 bits per heavy atom. The lowest BCUT2D eigenvalue weighted by atomic mass is 10.0. The van der Waals surface area contributed by atoms with Crippen LogP contribution in [0.3, 0.4) is 0 Å². The smallest absolute Gasteiger partial charge is 0.264 e. The van der Waals surface area contributed by atoms with Crippen LogP contribution >= 0.6 is 0 Å². The number of amides is 4. The molecule has 2 aliphatic rings. The Morgan fingerprint density at radius 3 is 2.38 bits per heavy atom. The standard InChI is InChI=1S/C14H13N3O4.C3H8/c1-6-4-7-11(8(15)5-6)14(21)17(13(7)20)9-2-3-10(18)16-12(9)19;1-3-2/h4-5,9H,2-3,15H2,1H3,(H,16,18,19);3H2,1-2H3. The molecule has 1 unspecified atom stereocenters. The number of nitrogens with two attached hydrogens (primary N) is 1. The molecule has 2 heterocycles. The summed E-state index contributed by atoms with van der Waals surface area (Å²) in [6, 6.07) is 2.23. The average Bonchev–Trinajstić information content (AvgIpc) is 2.72. The number of nitrogens with one attached hydrogen (secondary N) is 1. The Kier molecular flexibility index (Phi) is 5.02. The number of fused-ring (bicyclic) bond motifs is 1. The third kappa shape index (κ3) is 3.02. The number of benzene rings is 1. The summed E-state index contributed by atoms with van der Waals surface area (Å²) in [6.45, 7) is 6.02. The van der Waals surface area contributed by atoms with Gasteiger partial charge >= 0.3 is 0 Å². The largest absolute Gasteiger partial charge is 0.398 e. The molecular weight excluding hydrogens is 310 g/mol. The summed E-state index contributed by atoms with van der Waals surface area (Å²) in [6.07, 6.45) is 1.48. The van der Waals surface area contributed by atoms with E-state index >= 15 is 0 Å². The molecule has 1 atom stereocenters. The maximum absolute atomic E-state index is 12.4. The number of nitrogen functional groups attached to an aromatic ring is 1. The zero-order chi connectivity index (χ0) is 18.0. The number of hydrogen-bond donors (Lipinski definition) is 2. The number of nitrogens with zero attached hydrogens (tertiary/aromatic N) is 1. The number of aryl methyl sites for hydroxylation is 1. The van der Waals surface area contributed by atoms with E-state index in [1.54, 1.807) is 19.1 Å². The van der Waals surface area contributed by atoms with E-state index in [2.05, 4.69) is 19.2 Å². The lowest BCUT2D eigenvalue weighted by Crippen LogP contribution is -2.54. The molecule has 1 aromatic carbocycles. The summed E-state index contributed by atoms with van der Waals surface area (Å²) < 4.78 is 0. The van der Waals surface area contributed by atoms with Crippen LogP contribution in [-0.2, 0) is 9.59 Å². The number of anilines is 1. The zero-order valence-electron chi connectivity index (χ0n) is 14.0. The molecule has 4 amide bonds. The monoisotopic (exact) mass is 331 g/mol. The van der Waals surface area contributed by atoms with E-state index < -0.39 is 29.7 Å². The molecule has 3 rings (SSSR count). The molecule has 7 nitrogen and oxygen atoms in total. The Hall–Kier alpha value is -2.70. The highest BCUT2D eigenvalue weighted by Gasteiger charge is 2.45. The molecular formula is C17H21N3O4. The molecule has 0 aromatic heterocycles. The molecule has 128 valence electrons. The number of rotatable bonds is 1. The van der Waals surface area contributed by atoms with Crippen molar-refractivity contribution in [3.05, 3.63) is 28.8 Å². The van der Waals surface area contributed by atoms with Crippen LogP contribution in [0.25, 0.3) is 0 Å². The molecule has 0 radical (unpaired) electrons. The Labute approximate surface area is 140 Å². The molecule has 1 saturated heterocycles. The van der Waals surface area contributed by atoms with Gasteiger partial charge in [-0.1, -0.05) is 20.3 Å². The summed E-state index contributed by atoms with van der Waals surface area (Å²) >= 11 is 0. The number of hydrogen-bond acceptors (Lipinski definition) is 5. The number of carbonyl (C=O) groups excluding carboxylic acids is 4. The van der Waals surface area contributed by atoms with Crippen molar-refractivity contribution in [2.45, 2.75) is 46.1 Å². The SMILES string of the molecule is CCC.Cc1cc(N)c2c(c1)C(=O)N(C1CCC(=O)NC1=O)C2=O. The second-order valence-electron chi connectivity index (χ2n) is 5.93. The maximum atomic E-state index is 12.4. The maximum Gasteiger partial charge on any atom is 0.264 e. The van der Waals surface area contributed by atoms with Gasteiger partial charge in [-0.3, -0.25) is 29.4 Å². The van der Waals surface area contributed by atoms with Gasteiger partial charge in [0, 0.05) is 12.1 Å². The van der Waals surface area contributed by atoms with Gasteiger partial charge in [0.05, 0.1) is 11.1 Å². The van der Waals surface area contributed by atoms with E-state index in [-0.39, 0.29) is 29.7 Å². The average molecular weight is 331 g/mol. The van der Waals surface area contributed by atoms with E-state index in [9.17, 15) is 19.2 Å². The Balaban J connectivity index is 0.000000647. The molecule has 1 aromatic rings. The fraction of sp³-hybridized carbons (Fsp3) is 0.412. The number of imide groups is 2. The molecule has 1 fully saturated rings. The molecule has 0 bridgehead atoms. The van der Waals surface area contributed by atoms with Crippen molar-refractivity contribution in [3.63, 3.8) is 0 Å². The van der Waals surface area contributed by atoms with Gasteiger partial charge in [0.25, 0.3) is 11.8 Å². The van der Waals surface area contributed by atoms with Crippen molar-refractivity contribution in [3.8, 4) is 0 Å². The Bertz CT molecular complexity index is 727. The lowest BCUT2D eigenvalue weighted by Gasteiger charge is -2.27. The summed E-state index contributed by atoms with van der Waals surface area (Å²) in [4.78, 5) is 48.8. The zero-order valence-corrected chi connectivity index (χ0v) is 14.0. The molecule has 2 aliphatic heterocycles. The van der Waals surface area contributed by atoms with Gasteiger partial charge in [0.1, 0.15) is 6.04 Å². The first-order valence-corrected chi connectivity index (χ1v) is 7.93. The van der Waals surface area contributed by atoms with Crippen LogP contribution < -0.4 is 11.1 Å². The minimum atomic E-state index is -0.963. The molecule has 0 saturated carbocycles. The van der Waals surface area contributed by atoms with Crippen LogP contribution in [0.2, 0.25) is 0 Å². The van der Waals surface area contributed by atoms with Gasteiger partial charge in [-0.2, -0.15) is 0 Å². The van der Waals surface area contributed by atoms with Crippen LogP contribution in [0.1, 0.15) is 59.4 Å². The number of piperidine rings is 1. The normalized spacial score (nSPS) is 19.6. The van der Waals surface area contributed by atoms with Crippen molar-refractivity contribution < 1.29 is 19.2 Å². The first kappa shape index (κ1) is 17.7. The van der Waals surface area contributed by atoms with Crippen LogP contribution in [0, 0.1) is 6.92 Å². The first-order valence-electron chi connectivity index (χ1n) is 7.93. The van der Waals surface area contributed by atoms with Gasteiger partial charge < -0.3 is 5.73 Å². The fourth-order valence-corrected chi connectivity index (χ4v) is 2.78. The van der Waals surface area contributed by atoms with E-state index in [0.29, 0.717) is 0 Å². The van der Waals surface area contributed by atoms with Crippen molar-refractivity contribution in [1.29, 1.82) is 0 Å². The van der Waals surface area contributed by atoms with E-state index in [1.807, 2.05) is 0 Å². The van der Waals surface area contributed by atoms with Crippen LogP contribution in [0.5, 0.6) is 0 Å². The van der Waals surface area contributed by atoms with E-state index in [4.69, 9.17) is 5.73 Å². The van der Waals surface area contributed by atoms with Crippen LogP contribution in [0.15, 0.2) is 12.1 Å². The van der Waals surface area contributed by atoms with Crippen LogP contribution in [-0.4, -0.2) is 34.6 Å². The van der Waals surface area contributed by atoms with Gasteiger partial charge in [-0.25, -0.2) is 0 Å². The van der Waals surface area contributed by atoms with E-state index in [0.717, 1.165) is 10.5 Å². The van der Waals surface area contributed by atoms with Gasteiger partial charge in [0.15, 0.2) is 0 Å². The molecule has 0 aliphatic carbocycles. The van der Waals surface area contributed by atoms with Crippen molar-refractivity contribution in [2.75, 3.05) is 5.73 Å². The first-order chi connectivity index (χ1) is 11.3. The lowest BCUT2D eigenvalue weighted by molar-refractivity contribution is -0.136. The molecule has 0 spiro atoms. The highest BCUT2D eigenvalue weighted by atomic mass is 16.2. The predicted molar refractivity (Wildman–Crippen MR) is 88.2 cm³/mol. The predicted octanol–water partition coefficient (Wildman–Crippen LogP) is 1.39. The van der Waals surface area contributed by atoms with Crippen molar-refractivity contribution in [2.24, 2.45) is 0 Å². The molecule has 24 heavy (non-hydrogen) atoms. The second-order valence-corrected chi connectivity index (χ2v) is 5.93. The van der Waals surface area contributed by atoms with Gasteiger partial charge in [0.2, 0.25) is 11.8 Å². The summed E-state index contributed by atoms with van der Waals surface area (Å²) in [5.41, 5.74) is 7.15. The molecule has 7 heteroatoms. The minimum absolute atomic E-state index is 0.0956. The fourth-order valence-electron chi connectivity index (χ4n) is 2.78. The second kappa shape index (κ2) is 6.82. The van der Waals surface area contributed by atoms with Crippen molar-refractivity contribution >= 4 is 29.3 Å². The topological polar surface area (TPSA) is 110 Å². The van der Waals surface area contributed by atoms with Gasteiger partial charge in [-0.05, 0) is 31.0 Å². The van der Waals surface area contributed by atoms with Crippen LogP contribution in [0.4, 0.5) is 5.69 Å². The summed E-state index contributed by atoms with van der Waals surface area (Å²) in [5.74, 6) is -2.15. The van der Waals surface area contributed by atoms with Gasteiger partial charge in [-0.15, -0.1) is 0 Å². The highest BCUT2D eigenvalue weighted by molar-refractivity contribution is 6.25. The minimum Gasteiger partial charge on any atom is -0.398 e. The van der Waals surface area contributed by atoms with E-state index in [1.165, 1.54) is 6.42 Å². The Morgan fingerprint density at radius 1 is 1.17 bits per heavy atom. The third-order valence-electron chi connectivity index (χ3n) is 3.72. The molecule has 3 N–H and O–H groups in total. The quantitative estimate of drug-likeness (QED) is 0.597. The summed E-state index contributed by atoms with van der Waals surface area (Å²) in [5, 5.41) is 2.14. The number of carbonyl (C=O) groups is 4.